The third-order valence-electron chi connectivity index (χ3n) is 6.64. The summed E-state index contributed by atoms with van der Waals surface area (Å²) in [4.78, 5) is 45.2. The fraction of sp³-hybridized carbons (Fsp3) is 0.129. The number of aryl methyl sites for hydroxylation is 1. The number of anilines is 1. The van der Waals surface area contributed by atoms with Crippen molar-refractivity contribution in [1.29, 1.82) is 0 Å². The van der Waals surface area contributed by atoms with Crippen LogP contribution in [0.1, 0.15) is 52.5 Å². The summed E-state index contributed by atoms with van der Waals surface area (Å²) in [5, 5.41) is 7.41. The smallest absolute Gasteiger partial charge is 0.274 e. The van der Waals surface area contributed by atoms with Crippen LogP contribution in [-0.4, -0.2) is 41.4 Å². The number of fused-ring (bicyclic) bond motifs is 1. The Morgan fingerprint density at radius 2 is 1.90 bits per heavy atom. The van der Waals surface area contributed by atoms with Crippen molar-refractivity contribution in [1.82, 2.24) is 34.6 Å². The van der Waals surface area contributed by atoms with Crippen molar-refractivity contribution in [3.05, 3.63) is 112 Å². The van der Waals surface area contributed by atoms with E-state index in [4.69, 9.17) is 10.7 Å². The summed E-state index contributed by atoms with van der Waals surface area (Å²) in [6, 6.07) is 13.7. The number of aliphatic imine (C=N–C) groups is 1. The predicted molar refractivity (Wildman–Crippen MR) is 160 cm³/mol. The number of hydrogen-bond acceptors (Lipinski definition) is 8. The lowest BCUT2D eigenvalue weighted by Crippen LogP contribution is -2.34. The number of nitrogens with one attached hydrogen (secondary N) is 1. The number of hydrogen-bond donors (Lipinski definition) is 2. The van der Waals surface area contributed by atoms with Gasteiger partial charge in [-0.15, -0.1) is 0 Å². The minimum absolute atomic E-state index is 0.0187. The van der Waals surface area contributed by atoms with E-state index in [1.807, 2.05) is 31.3 Å². The van der Waals surface area contributed by atoms with Crippen LogP contribution in [-0.2, 0) is 7.05 Å². The zero-order valence-corrected chi connectivity index (χ0v) is 22.8. The SMILES string of the molecule is C[C@@H](NC(=O)c1nc(C2=CCC=N2)cnc1N)c1nc2cccc(C#Cc3cnn(C)c3)c2c(=O)n1-c1ccccc1. The van der Waals surface area contributed by atoms with Gasteiger partial charge in [0.05, 0.1) is 46.3 Å². The van der Waals surface area contributed by atoms with Gasteiger partial charge in [0.1, 0.15) is 11.5 Å². The molecule has 0 fully saturated rings. The molecule has 0 aliphatic carbocycles. The molecule has 0 radical (unpaired) electrons. The Hall–Kier alpha value is -5.89. The van der Waals surface area contributed by atoms with E-state index >= 15 is 0 Å². The van der Waals surface area contributed by atoms with Crippen molar-refractivity contribution in [2.45, 2.75) is 19.4 Å². The maximum Gasteiger partial charge on any atom is 0.274 e. The Morgan fingerprint density at radius 3 is 2.64 bits per heavy atom. The first-order valence-corrected chi connectivity index (χ1v) is 13.2. The molecule has 42 heavy (non-hydrogen) atoms. The average molecular weight is 556 g/mol. The molecule has 1 atom stereocenters. The van der Waals surface area contributed by atoms with E-state index in [9.17, 15) is 9.59 Å². The van der Waals surface area contributed by atoms with Crippen LogP contribution in [0.25, 0.3) is 22.3 Å². The van der Waals surface area contributed by atoms with E-state index in [-0.39, 0.29) is 17.1 Å². The van der Waals surface area contributed by atoms with Crippen molar-refractivity contribution >= 4 is 34.5 Å². The predicted octanol–water partition coefficient (Wildman–Crippen LogP) is 3.20. The van der Waals surface area contributed by atoms with Gasteiger partial charge in [-0.05, 0) is 31.2 Å². The molecule has 6 rings (SSSR count). The van der Waals surface area contributed by atoms with Gasteiger partial charge in [-0.3, -0.25) is 23.8 Å². The van der Waals surface area contributed by atoms with Gasteiger partial charge in [-0.1, -0.05) is 42.2 Å². The maximum absolute atomic E-state index is 14.2. The minimum Gasteiger partial charge on any atom is -0.382 e. The van der Waals surface area contributed by atoms with E-state index in [2.05, 4.69) is 37.2 Å². The summed E-state index contributed by atoms with van der Waals surface area (Å²) in [5.74, 6) is 5.93. The maximum atomic E-state index is 14.2. The number of rotatable bonds is 5. The molecule has 3 N–H and O–H groups in total. The number of para-hydroxylation sites is 1. The number of nitrogens with zero attached hydrogens (tertiary/aromatic N) is 7. The summed E-state index contributed by atoms with van der Waals surface area (Å²) in [7, 11) is 1.81. The van der Waals surface area contributed by atoms with Gasteiger partial charge in [0.15, 0.2) is 11.5 Å². The quantitative estimate of drug-likeness (QED) is 0.317. The molecule has 0 saturated heterocycles. The van der Waals surface area contributed by atoms with E-state index < -0.39 is 11.9 Å². The van der Waals surface area contributed by atoms with Crippen LogP contribution in [0, 0.1) is 11.8 Å². The van der Waals surface area contributed by atoms with Gasteiger partial charge in [0, 0.05) is 31.4 Å². The summed E-state index contributed by atoms with van der Waals surface area (Å²) < 4.78 is 3.15. The molecule has 1 amide bonds. The van der Waals surface area contributed by atoms with Gasteiger partial charge in [-0.2, -0.15) is 5.10 Å². The number of carbonyl (C=O) groups is 1. The van der Waals surface area contributed by atoms with Crippen LogP contribution in [0.4, 0.5) is 5.82 Å². The largest absolute Gasteiger partial charge is 0.382 e. The fourth-order valence-electron chi connectivity index (χ4n) is 4.65. The molecule has 0 unspecified atom stereocenters. The third-order valence-corrected chi connectivity index (χ3v) is 6.64. The van der Waals surface area contributed by atoms with Crippen LogP contribution in [0.3, 0.4) is 0 Å². The molecule has 0 saturated carbocycles. The van der Waals surface area contributed by atoms with Gasteiger partial charge in [-0.25, -0.2) is 15.0 Å². The number of aromatic nitrogens is 6. The zero-order chi connectivity index (χ0) is 29.2. The number of amides is 1. The number of nitrogen functional groups attached to an aromatic ring is 1. The summed E-state index contributed by atoms with van der Waals surface area (Å²) in [6.07, 6.45) is 9.26. The lowest BCUT2D eigenvalue weighted by molar-refractivity contribution is 0.0933. The van der Waals surface area contributed by atoms with Gasteiger partial charge < -0.3 is 11.1 Å². The monoisotopic (exact) mass is 555 g/mol. The van der Waals surface area contributed by atoms with Crippen LogP contribution in [0.5, 0.6) is 0 Å². The topological polar surface area (TPSA) is 146 Å². The highest BCUT2D eigenvalue weighted by atomic mass is 16.2. The fourth-order valence-corrected chi connectivity index (χ4v) is 4.65. The standard InChI is InChI=1S/C31H25N9O2/c1-19(36-30(41)27-28(32)34-17-25(37-27)23-12-7-15-33-23)29-38-24-11-6-8-21(14-13-20-16-35-39(2)18-20)26(24)31(42)40(29)22-9-4-3-5-10-22/h3-6,8-12,15-19H,7H2,1-2H3,(H2,32,34)(H,36,41)/t19-/m1/s1. The zero-order valence-electron chi connectivity index (χ0n) is 22.8. The number of allylic oxidation sites excluding steroid dienone is 1. The molecular formula is C31H25N9O2. The first-order chi connectivity index (χ1) is 20.4. The van der Waals surface area contributed by atoms with E-state index in [0.29, 0.717) is 45.8 Å². The van der Waals surface area contributed by atoms with Crippen molar-refractivity contribution < 1.29 is 4.79 Å². The molecule has 1 aliphatic heterocycles. The van der Waals surface area contributed by atoms with Gasteiger partial charge in [0.2, 0.25) is 0 Å². The molecule has 3 aromatic heterocycles. The van der Waals surface area contributed by atoms with Gasteiger partial charge >= 0.3 is 0 Å². The molecule has 0 spiro atoms. The van der Waals surface area contributed by atoms with Crippen LogP contribution < -0.4 is 16.6 Å². The normalized spacial score (nSPS) is 13.0. The highest BCUT2D eigenvalue weighted by molar-refractivity contribution is 5.97. The molecule has 1 aliphatic rings. The number of carbonyl (C=O) groups excluding carboxylic acids is 1. The minimum atomic E-state index is -0.714. The molecule has 0 bridgehead atoms. The van der Waals surface area contributed by atoms with Crippen molar-refractivity contribution in [3.8, 4) is 17.5 Å². The van der Waals surface area contributed by atoms with Crippen LogP contribution >= 0.6 is 0 Å². The molecular weight excluding hydrogens is 530 g/mol. The lowest BCUT2D eigenvalue weighted by atomic mass is 10.1. The summed E-state index contributed by atoms with van der Waals surface area (Å²) in [6.45, 7) is 1.74. The van der Waals surface area contributed by atoms with Crippen molar-refractivity contribution in [2.75, 3.05) is 5.73 Å². The van der Waals surface area contributed by atoms with E-state index in [1.54, 1.807) is 60.5 Å². The first-order valence-electron chi connectivity index (χ1n) is 13.2. The Bertz CT molecular complexity index is 2030. The molecule has 206 valence electrons. The Labute approximate surface area is 240 Å². The molecule has 2 aromatic carbocycles. The Kier molecular flexibility index (Phi) is 6.86. The third kappa shape index (κ3) is 5.04. The second kappa shape index (κ2) is 10.9. The second-order valence-electron chi connectivity index (χ2n) is 9.62. The van der Waals surface area contributed by atoms with E-state index in [0.717, 1.165) is 5.56 Å². The van der Waals surface area contributed by atoms with Crippen molar-refractivity contribution in [3.63, 3.8) is 0 Å². The lowest BCUT2D eigenvalue weighted by Gasteiger charge is -2.20. The molecule has 11 nitrogen and oxygen atoms in total. The van der Waals surface area contributed by atoms with Gasteiger partial charge in [0.25, 0.3) is 11.5 Å². The Morgan fingerprint density at radius 1 is 1.07 bits per heavy atom. The first kappa shape index (κ1) is 26.3. The number of benzene rings is 2. The highest BCUT2D eigenvalue weighted by Crippen LogP contribution is 2.22. The average Bonchev–Trinajstić information content (AvgIpc) is 3.68. The molecule has 11 heteroatoms. The summed E-state index contributed by atoms with van der Waals surface area (Å²) in [5.41, 5.74) is 9.05. The number of nitrogens with two attached hydrogens (primary N) is 1. The Balaban J connectivity index is 1.43. The van der Waals surface area contributed by atoms with E-state index in [1.165, 1.54) is 10.8 Å². The van der Waals surface area contributed by atoms with Crippen molar-refractivity contribution in [2.24, 2.45) is 12.0 Å². The highest BCUT2D eigenvalue weighted by Gasteiger charge is 2.23. The second-order valence-corrected chi connectivity index (χ2v) is 9.62. The molecule has 5 aromatic rings. The van der Waals surface area contributed by atoms with Crippen LogP contribution in [0.15, 0.2) is 83.0 Å². The summed E-state index contributed by atoms with van der Waals surface area (Å²) >= 11 is 0. The molecule has 4 heterocycles. The van der Waals surface area contributed by atoms with Crippen LogP contribution in [0.2, 0.25) is 0 Å².